The zero-order chi connectivity index (χ0) is 31.5. The predicted octanol–water partition coefficient (Wildman–Crippen LogP) is 0.314. The molecule has 2 aromatic rings. The Morgan fingerprint density at radius 3 is 2.19 bits per heavy atom. The van der Waals surface area contributed by atoms with Crippen molar-refractivity contribution in [2.75, 3.05) is 20.7 Å². The topological polar surface area (TPSA) is 204 Å². The molecule has 0 bridgehead atoms. The Hall–Kier alpha value is -4.01. The fraction of sp³-hybridized carbons (Fsp3) is 0.433. The maximum absolute atomic E-state index is 12.5. The molecule has 6 N–H and O–H groups in total. The highest BCUT2D eigenvalue weighted by atomic mass is 16.6. The van der Waals surface area contributed by atoms with Crippen LogP contribution < -0.4 is 9.47 Å². The van der Waals surface area contributed by atoms with Gasteiger partial charge >= 0.3 is 17.9 Å². The van der Waals surface area contributed by atoms with Crippen LogP contribution in [0.25, 0.3) is 0 Å². The van der Waals surface area contributed by atoms with E-state index in [0.29, 0.717) is 12.0 Å². The summed E-state index contributed by atoms with van der Waals surface area (Å²) in [6.07, 6.45) is -3.79. The van der Waals surface area contributed by atoms with Gasteiger partial charge in [-0.15, -0.1) is 0 Å². The van der Waals surface area contributed by atoms with Crippen LogP contribution in [0.1, 0.15) is 34.3 Å². The van der Waals surface area contributed by atoms with E-state index >= 15 is 0 Å². The van der Waals surface area contributed by atoms with Crippen molar-refractivity contribution in [1.82, 2.24) is 4.90 Å². The maximum atomic E-state index is 12.5. The lowest BCUT2D eigenvalue weighted by molar-refractivity contribution is -0.172. The van der Waals surface area contributed by atoms with Crippen molar-refractivity contribution >= 4 is 17.9 Å². The molecular weight excluding hydrogens is 566 g/mol. The Bertz CT molecular complexity index is 1340. The van der Waals surface area contributed by atoms with E-state index in [1.54, 1.807) is 19.2 Å². The van der Waals surface area contributed by atoms with E-state index in [1.807, 2.05) is 30.3 Å². The molecule has 1 aliphatic carbocycles. The third-order valence-corrected chi connectivity index (χ3v) is 7.90. The van der Waals surface area contributed by atoms with Gasteiger partial charge in [-0.25, -0.2) is 14.4 Å². The second-order valence-electron chi connectivity index (χ2n) is 10.7. The Labute approximate surface area is 247 Å². The number of carboxylic acid groups (broad SMARTS) is 2. The lowest BCUT2D eigenvalue weighted by Crippen LogP contribution is -2.49. The smallest absolute Gasteiger partial charge is 0.338 e. The molecule has 43 heavy (non-hydrogen) atoms. The number of carbonyl (C=O) groups is 3. The van der Waals surface area contributed by atoms with Gasteiger partial charge in [-0.05, 0) is 49.9 Å². The monoisotopic (exact) mass is 601 g/mol. The molecule has 0 amide bonds. The summed E-state index contributed by atoms with van der Waals surface area (Å²) in [5, 5.41) is 51.5. The van der Waals surface area contributed by atoms with Crippen LogP contribution in [0.15, 0.2) is 54.6 Å². The molecule has 2 heterocycles. The number of carboxylic acids is 2. The number of nitrogens with zero attached hydrogens (tertiary/aromatic N) is 1. The number of aliphatic carboxylic acids is 2. The normalized spacial score (nSPS) is 24.8. The molecule has 2 aromatic carbocycles. The van der Waals surface area contributed by atoms with Crippen LogP contribution in [-0.4, -0.2) is 111 Å². The molecule has 232 valence electrons. The third-order valence-electron chi connectivity index (χ3n) is 7.90. The number of aliphatic hydroxyl groups excluding tert-OH is 4. The van der Waals surface area contributed by atoms with Crippen LogP contribution in [0, 0.1) is 0 Å². The average molecular weight is 602 g/mol. The summed E-state index contributed by atoms with van der Waals surface area (Å²) in [4.78, 5) is 35.0. The first-order valence-corrected chi connectivity index (χ1v) is 13.6. The van der Waals surface area contributed by atoms with Crippen molar-refractivity contribution in [3.05, 3.63) is 71.3 Å². The molecule has 0 fully saturated rings. The van der Waals surface area contributed by atoms with Gasteiger partial charge in [0, 0.05) is 18.5 Å². The highest BCUT2D eigenvalue weighted by Crippen LogP contribution is 2.55. The van der Waals surface area contributed by atoms with E-state index in [4.69, 9.17) is 44.8 Å². The second kappa shape index (κ2) is 13.1. The zero-order valence-electron chi connectivity index (χ0n) is 23.6. The van der Waals surface area contributed by atoms with Gasteiger partial charge in [0.05, 0.1) is 18.1 Å². The molecule has 0 saturated carbocycles. The molecule has 5 rings (SSSR count). The SMILES string of the molecule is COc1ccc2c3c1O[C@H]1C[C@@H](OC(=O)c4ccccc4)C=C[C@@]31CCN(C)C2.O=C(O)[C@@H](O)[C@H](O)[C@H](O)[C@@H](O)C(=O)O. The minimum absolute atomic E-state index is 0.0716. The molecule has 0 saturated heterocycles. The highest BCUT2D eigenvalue weighted by molar-refractivity contribution is 5.89. The molecule has 2 aliphatic heterocycles. The van der Waals surface area contributed by atoms with Gasteiger partial charge in [0.2, 0.25) is 0 Å². The number of carbonyl (C=O) groups excluding carboxylic acids is 1. The minimum Gasteiger partial charge on any atom is -0.493 e. The number of ether oxygens (including phenoxy) is 3. The summed E-state index contributed by atoms with van der Waals surface area (Å²) in [5.74, 6) is -2.35. The van der Waals surface area contributed by atoms with E-state index in [2.05, 4.69) is 24.1 Å². The van der Waals surface area contributed by atoms with Crippen molar-refractivity contribution in [3.63, 3.8) is 0 Å². The fourth-order valence-electron chi connectivity index (χ4n) is 5.60. The summed E-state index contributed by atoms with van der Waals surface area (Å²) < 4.78 is 17.9. The van der Waals surface area contributed by atoms with Crippen LogP contribution in [-0.2, 0) is 26.3 Å². The molecular formula is C30H35NO12. The van der Waals surface area contributed by atoms with Gasteiger partial charge in [-0.2, -0.15) is 0 Å². The first-order chi connectivity index (χ1) is 20.4. The van der Waals surface area contributed by atoms with E-state index < -0.39 is 36.4 Å². The Balaban J connectivity index is 0.000000258. The first kappa shape index (κ1) is 31.9. The van der Waals surface area contributed by atoms with E-state index in [9.17, 15) is 14.4 Å². The Kier molecular flexibility index (Phi) is 9.72. The number of hydrogen-bond acceptors (Lipinski definition) is 11. The molecule has 13 nitrogen and oxygen atoms in total. The summed E-state index contributed by atoms with van der Waals surface area (Å²) in [7, 11) is 3.83. The second-order valence-corrected chi connectivity index (χ2v) is 10.7. The van der Waals surface area contributed by atoms with Gasteiger partial charge in [0.15, 0.2) is 23.7 Å². The molecule has 1 spiro atoms. The van der Waals surface area contributed by atoms with Crippen molar-refractivity contribution in [2.24, 2.45) is 0 Å². The molecule has 0 aromatic heterocycles. The van der Waals surface area contributed by atoms with Crippen LogP contribution >= 0.6 is 0 Å². The molecule has 3 aliphatic rings. The van der Waals surface area contributed by atoms with Crippen molar-refractivity contribution in [2.45, 2.75) is 61.4 Å². The minimum atomic E-state index is -2.36. The largest absolute Gasteiger partial charge is 0.493 e. The summed E-state index contributed by atoms with van der Waals surface area (Å²) in [6.45, 7) is 1.87. The summed E-state index contributed by atoms with van der Waals surface area (Å²) in [5.41, 5.74) is 2.90. The number of esters is 1. The van der Waals surface area contributed by atoms with Gasteiger partial charge < -0.3 is 49.7 Å². The number of rotatable bonds is 8. The van der Waals surface area contributed by atoms with E-state index in [1.165, 1.54) is 11.1 Å². The van der Waals surface area contributed by atoms with Crippen LogP contribution in [0.3, 0.4) is 0 Å². The van der Waals surface area contributed by atoms with Crippen molar-refractivity contribution in [3.8, 4) is 11.5 Å². The molecule has 7 atom stereocenters. The summed E-state index contributed by atoms with van der Waals surface area (Å²) in [6, 6.07) is 13.3. The average Bonchev–Trinajstić information content (AvgIpc) is 3.26. The standard InChI is InChI=1S/C24H25NO4.C6H10O8/c1-25-13-12-24-11-10-18(28-23(26)16-6-4-3-5-7-16)14-20(24)29-22-19(27-2)9-8-17(15-25)21(22)24;7-1(3(9)5(11)12)2(8)4(10)6(13)14/h3-11,18,20H,12-15H2,1-2H3;1-4,7-10H,(H,11,12)(H,13,14)/t18-,20-,24-;1-,2+,3+,4-/m0./s1. The molecule has 13 heteroatoms. The van der Waals surface area contributed by atoms with E-state index in [-0.39, 0.29) is 23.6 Å². The van der Waals surface area contributed by atoms with Crippen molar-refractivity contribution in [1.29, 1.82) is 0 Å². The number of aliphatic hydroxyl groups is 4. The number of hydrogen-bond donors (Lipinski definition) is 6. The Morgan fingerprint density at radius 2 is 1.60 bits per heavy atom. The lowest BCUT2D eigenvalue weighted by Gasteiger charge is -2.36. The molecule has 0 radical (unpaired) electrons. The maximum Gasteiger partial charge on any atom is 0.338 e. The van der Waals surface area contributed by atoms with Crippen LogP contribution in [0.4, 0.5) is 0 Å². The van der Waals surface area contributed by atoms with Crippen LogP contribution in [0.2, 0.25) is 0 Å². The third kappa shape index (κ3) is 6.50. The first-order valence-electron chi connectivity index (χ1n) is 13.6. The predicted molar refractivity (Wildman–Crippen MR) is 149 cm³/mol. The number of benzene rings is 2. The van der Waals surface area contributed by atoms with E-state index in [0.717, 1.165) is 31.0 Å². The van der Waals surface area contributed by atoms with Gasteiger partial charge in [-0.3, -0.25) is 0 Å². The van der Waals surface area contributed by atoms with Gasteiger partial charge in [0.25, 0.3) is 0 Å². The molecule has 0 unspecified atom stereocenters. The Morgan fingerprint density at radius 1 is 0.977 bits per heavy atom. The lowest BCUT2D eigenvalue weighted by atomic mass is 9.69. The zero-order valence-corrected chi connectivity index (χ0v) is 23.6. The van der Waals surface area contributed by atoms with Gasteiger partial charge in [0.1, 0.15) is 24.4 Å². The quantitative estimate of drug-likeness (QED) is 0.178. The highest BCUT2D eigenvalue weighted by Gasteiger charge is 2.53. The van der Waals surface area contributed by atoms with Gasteiger partial charge in [-0.1, -0.05) is 30.3 Å². The fourth-order valence-corrected chi connectivity index (χ4v) is 5.60. The van der Waals surface area contributed by atoms with Crippen molar-refractivity contribution < 1.29 is 59.2 Å². The van der Waals surface area contributed by atoms with Crippen LogP contribution in [0.5, 0.6) is 11.5 Å². The summed E-state index contributed by atoms with van der Waals surface area (Å²) >= 11 is 0. The number of methoxy groups -OCH3 is 1.